The van der Waals surface area contributed by atoms with Crippen molar-refractivity contribution in [2.75, 3.05) is 19.5 Å². The van der Waals surface area contributed by atoms with Crippen molar-refractivity contribution in [2.24, 2.45) is 0 Å². The van der Waals surface area contributed by atoms with Gasteiger partial charge >= 0.3 is 0 Å². The highest BCUT2D eigenvalue weighted by Gasteiger charge is 2.25. The maximum absolute atomic E-state index is 13.0. The van der Waals surface area contributed by atoms with Gasteiger partial charge in [0.25, 0.3) is 5.91 Å². The van der Waals surface area contributed by atoms with Crippen LogP contribution in [0, 0.1) is 0 Å². The van der Waals surface area contributed by atoms with Crippen molar-refractivity contribution < 1.29 is 14.3 Å². The zero-order valence-electron chi connectivity index (χ0n) is 16.7. The fourth-order valence-corrected chi connectivity index (χ4v) is 4.34. The van der Waals surface area contributed by atoms with Crippen LogP contribution in [0.5, 0.6) is 11.5 Å². The summed E-state index contributed by atoms with van der Waals surface area (Å²) >= 11 is 1.31. The van der Waals surface area contributed by atoms with Crippen LogP contribution in [0.4, 0.5) is 5.13 Å². The SMILES string of the molecule is CCn1nc2c(c1C(=O)Nc1nnc(-c3ccc(OC)c(OC)c3)s1)CCCC2. The van der Waals surface area contributed by atoms with Crippen LogP contribution in [0.25, 0.3) is 10.6 Å². The third-order valence-corrected chi connectivity index (χ3v) is 5.90. The summed E-state index contributed by atoms with van der Waals surface area (Å²) in [5.41, 5.74) is 3.61. The molecule has 0 saturated heterocycles. The fourth-order valence-electron chi connectivity index (χ4n) is 3.61. The Hall–Kier alpha value is -2.94. The third-order valence-electron chi connectivity index (χ3n) is 5.01. The number of fused-ring (bicyclic) bond motifs is 1. The van der Waals surface area contributed by atoms with Crippen LogP contribution in [0.15, 0.2) is 18.2 Å². The van der Waals surface area contributed by atoms with Gasteiger partial charge in [-0.3, -0.25) is 14.8 Å². The van der Waals surface area contributed by atoms with Gasteiger partial charge in [-0.15, -0.1) is 10.2 Å². The molecular weight excluding hydrogens is 390 g/mol. The standard InChI is InChI=1S/C20H23N5O3S/c1-4-25-17(13-7-5-6-8-14(13)24-25)18(26)21-20-23-22-19(29-20)12-9-10-15(27-2)16(11-12)28-3/h9-11H,4-8H2,1-3H3,(H,21,23,26). The normalized spacial score (nSPS) is 13.1. The number of nitrogens with zero attached hydrogens (tertiary/aromatic N) is 4. The zero-order valence-corrected chi connectivity index (χ0v) is 17.5. The van der Waals surface area contributed by atoms with E-state index in [2.05, 4.69) is 20.6 Å². The summed E-state index contributed by atoms with van der Waals surface area (Å²) in [7, 11) is 3.18. The highest BCUT2D eigenvalue weighted by Crippen LogP contribution is 2.34. The van der Waals surface area contributed by atoms with Gasteiger partial charge in [-0.05, 0) is 50.8 Å². The molecule has 1 aliphatic rings. The van der Waals surface area contributed by atoms with Gasteiger partial charge in [0.05, 0.1) is 19.9 Å². The van der Waals surface area contributed by atoms with Gasteiger partial charge < -0.3 is 9.47 Å². The number of carbonyl (C=O) groups excluding carboxylic acids is 1. The van der Waals surface area contributed by atoms with E-state index in [0.717, 1.165) is 42.5 Å². The van der Waals surface area contributed by atoms with Crippen molar-refractivity contribution in [2.45, 2.75) is 39.2 Å². The maximum atomic E-state index is 13.0. The van der Waals surface area contributed by atoms with Crippen LogP contribution < -0.4 is 14.8 Å². The van der Waals surface area contributed by atoms with Crippen LogP contribution in [0.3, 0.4) is 0 Å². The van der Waals surface area contributed by atoms with Gasteiger partial charge in [0.2, 0.25) is 5.13 Å². The smallest absolute Gasteiger partial charge is 0.276 e. The number of hydrogen-bond donors (Lipinski definition) is 1. The first kappa shape index (κ1) is 19.4. The van der Waals surface area contributed by atoms with E-state index in [-0.39, 0.29) is 5.91 Å². The molecule has 0 radical (unpaired) electrons. The van der Waals surface area contributed by atoms with E-state index in [4.69, 9.17) is 9.47 Å². The molecule has 9 heteroatoms. The lowest BCUT2D eigenvalue weighted by Gasteiger charge is -2.11. The molecule has 8 nitrogen and oxygen atoms in total. The highest BCUT2D eigenvalue weighted by molar-refractivity contribution is 7.18. The molecule has 1 aliphatic carbocycles. The van der Waals surface area contributed by atoms with Crippen molar-refractivity contribution in [1.82, 2.24) is 20.0 Å². The lowest BCUT2D eigenvalue weighted by molar-refractivity contribution is 0.101. The summed E-state index contributed by atoms with van der Waals surface area (Å²) in [5, 5.41) is 17.0. The number of nitrogens with one attached hydrogen (secondary N) is 1. The molecule has 0 bridgehead atoms. The van der Waals surface area contributed by atoms with Crippen molar-refractivity contribution in [3.63, 3.8) is 0 Å². The molecule has 1 aromatic carbocycles. The van der Waals surface area contributed by atoms with Gasteiger partial charge in [0, 0.05) is 17.7 Å². The summed E-state index contributed by atoms with van der Waals surface area (Å²) in [5.74, 6) is 1.08. The van der Waals surface area contributed by atoms with E-state index in [1.807, 2.05) is 25.1 Å². The lowest BCUT2D eigenvalue weighted by atomic mass is 9.95. The maximum Gasteiger partial charge on any atom is 0.276 e. The van der Waals surface area contributed by atoms with E-state index >= 15 is 0 Å². The molecule has 0 spiro atoms. The Balaban J connectivity index is 1.57. The molecule has 0 aliphatic heterocycles. The monoisotopic (exact) mass is 413 g/mol. The minimum absolute atomic E-state index is 0.183. The number of benzene rings is 1. The van der Waals surface area contributed by atoms with Crippen LogP contribution in [0.2, 0.25) is 0 Å². The molecule has 1 amide bonds. The van der Waals surface area contributed by atoms with E-state index in [1.54, 1.807) is 18.9 Å². The largest absolute Gasteiger partial charge is 0.493 e. The van der Waals surface area contributed by atoms with Gasteiger partial charge in [0.1, 0.15) is 10.7 Å². The van der Waals surface area contributed by atoms with E-state index in [0.29, 0.717) is 33.9 Å². The number of aromatic nitrogens is 4. The summed E-state index contributed by atoms with van der Waals surface area (Å²) in [6, 6.07) is 5.55. The lowest BCUT2D eigenvalue weighted by Crippen LogP contribution is -2.19. The average molecular weight is 414 g/mol. The van der Waals surface area contributed by atoms with Crippen LogP contribution >= 0.6 is 11.3 Å². The minimum Gasteiger partial charge on any atom is -0.493 e. The Morgan fingerprint density at radius 1 is 1.17 bits per heavy atom. The van der Waals surface area contributed by atoms with Crippen molar-refractivity contribution in [3.05, 3.63) is 35.2 Å². The fraction of sp³-hybridized carbons (Fsp3) is 0.400. The third kappa shape index (κ3) is 3.69. The van der Waals surface area contributed by atoms with Gasteiger partial charge in [-0.1, -0.05) is 11.3 Å². The Labute approximate surface area is 172 Å². The molecule has 2 aromatic heterocycles. The summed E-state index contributed by atoms with van der Waals surface area (Å²) in [4.78, 5) is 13.0. The van der Waals surface area contributed by atoms with Gasteiger partial charge in [-0.25, -0.2) is 0 Å². The number of methoxy groups -OCH3 is 2. The molecule has 152 valence electrons. The molecule has 0 unspecified atom stereocenters. The molecular formula is C20H23N5O3S. The minimum atomic E-state index is -0.183. The molecule has 0 fully saturated rings. The average Bonchev–Trinajstić information content (AvgIpc) is 3.37. The molecule has 29 heavy (non-hydrogen) atoms. The summed E-state index contributed by atoms with van der Waals surface area (Å²) in [6.07, 6.45) is 4.04. The van der Waals surface area contributed by atoms with Crippen molar-refractivity contribution in [3.8, 4) is 22.1 Å². The second-order valence-electron chi connectivity index (χ2n) is 6.73. The molecule has 0 saturated carbocycles. The number of amides is 1. The first-order valence-corrected chi connectivity index (χ1v) is 10.4. The Kier molecular flexibility index (Phi) is 5.48. The first-order valence-electron chi connectivity index (χ1n) is 9.60. The van der Waals surface area contributed by atoms with E-state index in [1.165, 1.54) is 11.3 Å². The molecule has 0 atom stereocenters. The van der Waals surface area contributed by atoms with Gasteiger partial charge in [-0.2, -0.15) is 5.10 Å². The molecule has 3 aromatic rings. The second-order valence-corrected chi connectivity index (χ2v) is 7.71. The Morgan fingerprint density at radius 3 is 2.72 bits per heavy atom. The molecule has 1 N–H and O–H groups in total. The number of ether oxygens (including phenoxy) is 2. The molecule has 2 heterocycles. The van der Waals surface area contributed by atoms with Crippen molar-refractivity contribution in [1.29, 1.82) is 0 Å². The van der Waals surface area contributed by atoms with E-state index < -0.39 is 0 Å². The van der Waals surface area contributed by atoms with Crippen LogP contribution in [0.1, 0.15) is 41.5 Å². The number of carbonyl (C=O) groups is 1. The number of hydrogen-bond acceptors (Lipinski definition) is 7. The Bertz CT molecular complexity index is 1040. The van der Waals surface area contributed by atoms with Gasteiger partial charge in [0.15, 0.2) is 11.5 Å². The summed E-state index contributed by atoms with van der Waals surface area (Å²) < 4.78 is 12.4. The number of aryl methyl sites for hydroxylation is 2. The quantitative estimate of drug-likeness (QED) is 0.664. The second kappa shape index (κ2) is 8.20. The number of anilines is 1. The predicted molar refractivity (Wildman–Crippen MR) is 111 cm³/mol. The number of rotatable bonds is 6. The topological polar surface area (TPSA) is 91.2 Å². The predicted octanol–water partition coefficient (Wildman–Crippen LogP) is 3.57. The van der Waals surface area contributed by atoms with Crippen LogP contribution in [-0.4, -0.2) is 40.1 Å². The first-order chi connectivity index (χ1) is 14.1. The van der Waals surface area contributed by atoms with E-state index in [9.17, 15) is 4.79 Å². The molecule has 4 rings (SSSR count). The van der Waals surface area contributed by atoms with Crippen LogP contribution in [-0.2, 0) is 19.4 Å². The zero-order chi connectivity index (χ0) is 20.4. The summed E-state index contributed by atoms with van der Waals surface area (Å²) in [6.45, 7) is 2.65. The van der Waals surface area contributed by atoms with Crippen molar-refractivity contribution >= 4 is 22.4 Å². The highest BCUT2D eigenvalue weighted by atomic mass is 32.1. The Morgan fingerprint density at radius 2 is 1.97 bits per heavy atom.